The Balaban J connectivity index is 1.24. The number of anilines is 1. The molecular formula is C28H22N4O3. The van der Waals surface area contributed by atoms with Gasteiger partial charge in [0.15, 0.2) is 0 Å². The van der Waals surface area contributed by atoms with Gasteiger partial charge in [0.25, 0.3) is 11.8 Å². The highest BCUT2D eigenvalue weighted by atomic mass is 16.2. The van der Waals surface area contributed by atoms with Gasteiger partial charge in [-0.1, -0.05) is 42.5 Å². The monoisotopic (exact) mass is 462 g/mol. The molecule has 3 aromatic carbocycles. The molecule has 0 spiro atoms. The van der Waals surface area contributed by atoms with E-state index in [0.717, 1.165) is 11.1 Å². The van der Waals surface area contributed by atoms with Gasteiger partial charge in [-0.3, -0.25) is 9.59 Å². The van der Waals surface area contributed by atoms with Gasteiger partial charge in [-0.25, -0.2) is 9.69 Å². The first-order valence-electron chi connectivity index (χ1n) is 11.6. The molecule has 3 saturated heterocycles. The van der Waals surface area contributed by atoms with E-state index in [0.29, 0.717) is 35.3 Å². The SMILES string of the molecule is Cc1cc(N2C(=O)[C@H]3C4CC(CN4C(=O)c4ccc(-c5ccccc5)cc4)N3C2=O)ccc1C#N. The van der Waals surface area contributed by atoms with E-state index in [2.05, 4.69) is 6.07 Å². The van der Waals surface area contributed by atoms with E-state index in [1.807, 2.05) is 54.6 Å². The van der Waals surface area contributed by atoms with E-state index >= 15 is 0 Å². The standard InChI is InChI=1S/C28H22N4O3/c1-17-13-22(12-11-21(17)15-29)32-27(34)25-24-14-23(31(25)28(32)35)16-30(24)26(33)20-9-7-19(8-10-20)18-5-3-2-4-6-18/h2-13,23-25H,14,16H2,1H3/t23?,24?,25-/m1/s1. The average molecular weight is 463 g/mol. The summed E-state index contributed by atoms with van der Waals surface area (Å²) in [7, 11) is 0. The van der Waals surface area contributed by atoms with Crippen LogP contribution in [-0.4, -0.2) is 52.3 Å². The summed E-state index contributed by atoms with van der Waals surface area (Å²) >= 11 is 0. The highest BCUT2D eigenvalue weighted by molar-refractivity contribution is 6.22. The van der Waals surface area contributed by atoms with Gasteiger partial charge in [0.05, 0.1) is 29.4 Å². The third kappa shape index (κ3) is 3.14. The summed E-state index contributed by atoms with van der Waals surface area (Å²) in [5.41, 5.74) is 4.34. The minimum atomic E-state index is -0.676. The van der Waals surface area contributed by atoms with Crippen LogP contribution in [0.15, 0.2) is 72.8 Å². The summed E-state index contributed by atoms with van der Waals surface area (Å²) in [6.45, 7) is 2.20. The van der Waals surface area contributed by atoms with Gasteiger partial charge in [0.2, 0.25) is 0 Å². The molecule has 3 aromatic rings. The highest BCUT2D eigenvalue weighted by Gasteiger charge is 2.62. The smallest absolute Gasteiger partial charge is 0.331 e. The topological polar surface area (TPSA) is 84.7 Å². The fraction of sp³-hybridized carbons (Fsp3) is 0.214. The summed E-state index contributed by atoms with van der Waals surface area (Å²) in [6.07, 6.45) is 0.607. The van der Waals surface area contributed by atoms with Gasteiger partial charge in [0, 0.05) is 12.1 Å². The van der Waals surface area contributed by atoms with Crippen molar-refractivity contribution in [1.29, 1.82) is 5.26 Å². The van der Waals surface area contributed by atoms with Gasteiger partial charge in [-0.15, -0.1) is 0 Å². The highest BCUT2D eigenvalue weighted by Crippen LogP contribution is 2.43. The van der Waals surface area contributed by atoms with Crippen LogP contribution in [0, 0.1) is 18.3 Å². The molecule has 3 atom stereocenters. The van der Waals surface area contributed by atoms with Crippen molar-refractivity contribution in [3.05, 3.63) is 89.5 Å². The number of amides is 4. The second-order valence-electron chi connectivity index (χ2n) is 9.28. The summed E-state index contributed by atoms with van der Waals surface area (Å²) < 4.78 is 0. The Hall–Kier alpha value is -4.44. The van der Waals surface area contributed by atoms with Crippen LogP contribution < -0.4 is 4.90 Å². The van der Waals surface area contributed by atoms with E-state index < -0.39 is 6.04 Å². The fourth-order valence-corrected chi connectivity index (χ4v) is 5.64. The molecule has 3 aliphatic heterocycles. The molecule has 0 aromatic heterocycles. The summed E-state index contributed by atoms with van der Waals surface area (Å²) in [6, 6.07) is 23.0. The number of benzene rings is 3. The number of likely N-dealkylation sites (tertiary alicyclic amines) is 1. The number of aryl methyl sites for hydroxylation is 1. The number of nitriles is 1. The molecule has 3 fully saturated rings. The first-order valence-corrected chi connectivity index (χ1v) is 11.6. The minimum Gasteiger partial charge on any atom is -0.331 e. The van der Waals surface area contributed by atoms with Crippen molar-refractivity contribution in [2.45, 2.75) is 31.5 Å². The van der Waals surface area contributed by atoms with E-state index in [9.17, 15) is 19.6 Å². The Bertz CT molecular complexity index is 1410. The van der Waals surface area contributed by atoms with Crippen molar-refractivity contribution in [3.63, 3.8) is 0 Å². The Morgan fingerprint density at radius 3 is 2.37 bits per heavy atom. The first-order chi connectivity index (χ1) is 17.0. The van der Waals surface area contributed by atoms with E-state index in [1.54, 1.807) is 34.9 Å². The van der Waals surface area contributed by atoms with E-state index in [-0.39, 0.29) is 29.9 Å². The van der Waals surface area contributed by atoms with Gasteiger partial charge in [0.1, 0.15) is 6.04 Å². The largest absolute Gasteiger partial charge is 0.332 e. The first kappa shape index (κ1) is 21.1. The number of hydrogen-bond acceptors (Lipinski definition) is 4. The number of imide groups is 1. The number of piperazine rings is 1. The second-order valence-corrected chi connectivity index (χ2v) is 9.28. The van der Waals surface area contributed by atoms with Crippen molar-refractivity contribution in [2.24, 2.45) is 0 Å². The molecule has 4 amide bonds. The molecular weight excluding hydrogens is 440 g/mol. The molecule has 0 aliphatic carbocycles. The minimum absolute atomic E-state index is 0.121. The molecule has 2 bridgehead atoms. The van der Waals surface area contributed by atoms with E-state index in [1.165, 1.54) is 4.90 Å². The van der Waals surface area contributed by atoms with Crippen LogP contribution in [0.25, 0.3) is 11.1 Å². The number of carbonyl (C=O) groups is 3. The summed E-state index contributed by atoms with van der Waals surface area (Å²) in [5, 5.41) is 9.19. The zero-order chi connectivity index (χ0) is 24.3. The van der Waals surface area contributed by atoms with Crippen molar-refractivity contribution >= 4 is 23.5 Å². The van der Waals surface area contributed by atoms with Crippen LogP contribution in [0.5, 0.6) is 0 Å². The fourth-order valence-electron chi connectivity index (χ4n) is 5.64. The zero-order valence-electron chi connectivity index (χ0n) is 19.1. The van der Waals surface area contributed by atoms with Gasteiger partial charge in [-0.2, -0.15) is 5.26 Å². The Labute approximate surface area is 202 Å². The van der Waals surface area contributed by atoms with Crippen LogP contribution in [0.2, 0.25) is 0 Å². The number of hydrogen-bond donors (Lipinski definition) is 0. The lowest BCUT2D eigenvalue weighted by molar-refractivity contribution is -0.121. The molecule has 0 N–H and O–H groups in total. The lowest BCUT2D eigenvalue weighted by Gasteiger charge is -2.35. The number of fused-ring (bicyclic) bond motifs is 5. The average Bonchev–Trinajstić information content (AvgIpc) is 3.55. The van der Waals surface area contributed by atoms with Crippen LogP contribution in [-0.2, 0) is 4.79 Å². The third-order valence-corrected chi connectivity index (χ3v) is 7.35. The van der Waals surface area contributed by atoms with Gasteiger partial charge >= 0.3 is 6.03 Å². The molecule has 2 unspecified atom stereocenters. The normalized spacial score (nSPS) is 22.5. The zero-order valence-corrected chi connectivity index (χ0v) is 19.1. The van der Waals surface area contributed by atoms with E-state index in [4.69, 9.17) is 0 Å². The lowest BCUT2D eigenvalue weighted by atomic mass is 10.0. The van der Waals surface area contributed by atoms with Crippen molar-refractivity contribution < 1.29 is 14.4 Å². The Morgan fingerprint density at radius 1 is 0.971 bits per heavy atom. The Kier molecular flexibility index (Phi) is 4.71. The molecule has 35 heavy (non-hydrogen) atoms. The van der Waals surface area contributed by atoms with Crippen LogP contribution >= 0.6 is 0 Å². The molecule has 172 valence electrons. The maximum atomic E-state index is 13.4. The third-order valence-electron chi connectivity index (χ3n) is 7.35. The molecule has 3 aliphatic rings. The quantitative estimate of drug-likeness (QED) is 0.552. The number of rotatable bonds is 3. The molecule has 7 heteroatoms. The maximum Gasteiger partial charge on any atom is 0.332 e. The molecule has 0 radical (unpaired) electrons. The van der Waals surface area contributed by atoms with Crippen LogP contribution in [0.3, 0.4) is 0 Å². The number of carbonyl (C=O) groups excluding carboxylic acids is 3. The number of nitrogens with zero attached hydrogens (tertiary/aromatic N) is 4. The number of urea groups is 1. The lowest BCUT2D eigenvalue weighted by Crippen LogP contribution is -2.54. The maximum absolute atomic E-state index is 13.4. The van der Waals surface area contributed by atoms with Gasteiger partial charge in [-0.05, 0) is 60.4 Å². The van der Waals surface area contributed by atoms with Gasteiger partial charge < -0.3 is 9.80 Å². The van der Waals surface area contributed by atoms with Crippen molar-refractivity contribution in [3.8, 4) is 17.2 Å². The predicted molar refractivity (Wildman–Crippen MR) is 130 cm³/mol. The molecule has 3 heterocycles. The van der Waals surface area contributed by atoms with Crippen molar-refractivity contribution in [2.75, 3.05) is 11.4 Å². The van der Waals surface area contributed by atoms with Crippen molar-refractivity contribution in [1.82, 2.24) is 9.80 Å². The van der Waals surface area contributed by atoms with Crippen LogP contribution in [0.4, 0.5) is 10.5 Å². The second kappa shape index (κ2) is 7.81. The van der Waals surface area contributed by atoms with Crippen LogP contribution in [0.1, 0.15) is 27.9 Å². The summed E-state index contributed by atoms with van der Waals surface area (Å²) in [4.78, 5) is 44.6. The summed E-state index contributed by atoms with van der Waals surface area (Å²) in [5.74, 6) is -0.437. The molecule has 6 rings (SSSR count). The Morgan fingerprint density at radius 2 is 1.69 bits per heavy atom. The molecule has 7 nitrogen and oxygen atoms in total. The molecule has 0 saturated carbocycles. The predicted octanol–water partition coefficient (Wildman–Crippen LogP) is 3.97.